The van der Waals surface area contributed by atoms with E-state index in [-0.39, 0.29) is 18.2 Å². The minimum Gasteiger partial charge on any atom is -0.450 e. The Kier molecular flexibility index (Phi) is 6.10. The number of carbonyl (C=O) groups excluding carboxylic acids is 3. The van der Waals surface area contributed by atoms with E-state index in [1.54, 1.807) is 6.92 Å². The highest BCUT2D eigenvalue weighted by Gasteiger charge is 2.20. The number of ether oxygens (including phenoxy) is 1. The molecule has 8 heteroatoms. The van der Waals surface area contributed by atoms with Crippen molar-refractivity contribution in [3.8, 4) is 0 Å². The van der Waals surface area contributed by atoms with Crippen LogP contribution in [0, 0.1) is 12.7 Å². The first-order valence-corrected chi connectivity index (χ1v) is 7.81. The number of halogens is 1. The number of carbonyl (C=O) groups is 3. The Bertz CT molecular complexity index is 800. The fraction of sp³-hybridized carbons (Fsp3) is 0.353. The molecular weight excluding hydrogens is 331 g/mol. The zero-order chi connectivity index (χ0) is 18.4. The highest BCUT2D eigenvalue weighted by atomic mass is 19.1. The molecule has 0 fully saturated rings. The van der Waals surface area contributed by atoms with E-state index in [1.807, 2.05) is 6.92 Å². The number of amides is 2. The van der Waals surface area contributed by atoms with Crippen LogP contribution in [0.1, 0.15) is 29.5 Å². The van der Waals surface area contributed by atoms with Gasteiger partial charge in [0.2, 0.25) is 11.7 Å². The smallest absolute Gasteiger partial charge is 0.375 e. The van der Waals surface area contributed by atoms with Gasteiger partial charge in [-0.05, 0) is 31.5 Å². The second-order valence-electron chi connectivity index (χ2n) is 5.40. The number of fused-ring (bicyclic) bond motifs is 1. The first-order valence-electron chi connectivity index (χ1n) is 7.81. The number of aryl methyl sites for hydroxylation is 1. The summed E-state index contributed by atoms with van der Waals surface area (Å²) in [6.07, 6.45) is 0.790. The van der Waals surface area contributed by atoms with Gasteiger partial charge in [-0.1, -0.05) is 6.92 Å². The lowest BCUT2D eigenvalue weighted by Gasteiger charge is -2.06. The van der Waals surface area contributed by atoms with Crippen LogP contribution in [0.4, 0.5) is 4.39 Å². The number of hydrogen-bond acceptors (Lipinski definition) is 5. The summed E-state index contributed by atoms with van der Waals surface area (Å²) in [5, 5.41) is 5.40. The quantitative estimate of drug-likeness (QED) is 0.741. The van der Waals surface area contributed by atoms with Crippen molar-refractivity contribution in [3.63, 3.8) is 0 Å². The van der Waals surface area contributed by atoms with Crippen LogP contribution in [0.3, 0.4) is 0 Å². The standard InChI is InChI=1S/C17H19FN2O5/c1-3-6-19-14(21)8-20-15(22)9-24-17(23)16-10(2)12-7-11(18)4-5-13(12)25-16/h4-5,7H,3,6,8-9H2,1-2H3,(H,19,21)(H,20,22). The van der Waals surface area contributed by atoms with Crippen LogP contribution in [0.2, 0.25) is 0 Å². The summed E-state index contributed by atoms with van der Waals surface area (Å²) in [6.45, 7) is 3.28. The molecule has 0 saturated carbocycles. The van der Waals surface area contributed by atoms with Crippen molar-refractivity contribution in [3.05, 3.63) is 35.3 Å². The maximum absolute atomic E-state index is 13.3. The van der Waals surface area contributed by atoms with Crippen LogP contribution in [0.25, 0.3) is 11.0 Å². The summed E-state index contributed by atoms with van der Waals surface area (Å²) in [5.41, 5.74) is 0.779. The Balaban J connectivity index is 1.89. The third-order valence-corrected chi connectivity index (χ3v) is 3.44. The normalized spacial score (nSPS) is 10.5. The van der Waals surface area contributed by atoms with Crippen molar-refractivity contribution in [2.75, 3.05) is 19.7 Å². The van der Waals surface area contributed by atoms with Gasteiger partial charge in [0, 0.05) is 17.5 Å². The van der Waals surface area contributed by atoms with Gasteiger partial charge < -0.3 is 19.8 Å². The van der Waals surface area contributed by atoms with E-state index in [4.69, 9.17) is 9.15 Å². The predicted molar refractivity (Wildman–Crippen MR) is 87.5 cm³/mol. The number of hydrogen-bond donors (Lipinski definition) is 2. The molecule has 0 atom stereocenters. The maximum atomic E-state index is 13.3. The van der Waals surface area contributed by atoms with Crippen molar-refractivity contribution in [1.82, 2.24) is 10.6 Å². The molecule has 1 heterocycles. The predicted octanol–water partition coefficient (Wildman–Crippen LogP) is 1.68. The second kappa shape index (κ2) is 8.27. The van der Waals surface area contributed by atoms with E-state index in [9.17, 15) is 18.8 Å². The van der Waals surface area contributed by atoms with Crippen LogP contribution < -0.4 is 10.6 Å². The van der Waals surface area contributed by atoms with Gasteiger partial charge in [0.05, 0.1) is 6.54 Å². The van der Waals surface area contributed by atoms with Crippen LogP contribution in [0.15, 0.2) is 22.6 Å². The van der Waals surface area contributed by atoms with E-state index < -0.39 is 24.3 Å². The van der Waals surface area contributed by atoms with Crippen molar-refractivity contribution in [2.24, 2.45) is 0 Å². The molecule has 0 aliphatic rings. The summed E-state index contributed by atoms with van der Waals surface area (Å²) in [7, 11) is 0. The molecule has 0 saturated heterocycles. The maximum Gasteiger partial charge on any atom is 0.375 e. The Morgan fingerprint density at radius 3 is 2.68 bits per heavy atom. The zero-order valence-electron chi connectivity index (χ0n) is 14.0. The average molecular weight is 350 g/mol. The van der Waals surface area contributed by atoms with Crippen LogP contribution >= 0.6 is 0 Å². The van der Waals surface area contributed by atoms with Gasteiger partial charge in [-0.2, -0.15) is 0 Å². The molecule has 0 aliphatic carbocycles. The summed E-state index contributed by atoms with van der Waals surface area (Å²) >= 11 is 0. The first kappa shape index (κ1) is 18.4. The van der Waals surface area contributed by atoms with Gasteiger partial charge >= 0.3 is 5.97 Å². The number of nitrogens with one attached hydrogen (secondary N) is 2. The summed E-state index contributed by atoms with van der Waals surface area (Å²) in [6, 6.07) is 3.89. The molecule has 2 aromatic rings. The molecule has 7 nitrogen and oxygen atoms in total. The molecule has 2 amide bonds. The third kappa shape index (κ3) is 4.79. The van der Waals surface area contributed by atoms with Gasteiger partial charge in [-0.15, -0.1) is 0 Å². The third-order valence-electron chi connectivity index (χ3n) is 3.44. The summed E-state index contributed by atoms with van der Waals surface area (Å²) in [5.74, 6) is -2.30. The highest BCUT2D eigenvalue weighted by molar-refractivity contribution is 5.96. The summed E-state index contributed by atoms with van der Waals surface area (Å²) in [4.78, 5) is 35.0. The molecule has 0 unspecified atom stereocenters. The SMILES string of the molecule is CCCNC(=O)CNC(=O)COC(=O)c1oc2ccc(F)cc2c1C. The van der Waals surface area contributed by atoms with Gasteiger partial charge in [-0.3, -0.25) is 9.59 Å². The fourth-order valence-corrected chi connectivity index (χ4v) is 2.14. The molecule has 0 spiro atoms. The Labute approximate surface area is 143 Å². The van der Waals surface area contributed by atoms with Crippen LogP contribution in [0.5, 0.6) is 0 Å². The largest absolute Gasteiger partial charge is 0.450 e. The molecule has 2 rings (SSSR count). The number of rotatable bonds is 7. The van der Waals surface area contributed by atoms with E-state index in [0.717, 1.165) is 6.42 Å². The minimum absolute atomic E-state index is 0.0888. The van der Waals surface area contributed by atoms with Gasteiger partial charge in [0.1, 0.15) is 11.4 Å². The Hall–Kier alpha value is -2.90. The van der Waals surface area contributed by atoms with Crippen molar-refractivity contribution < 1.29 is 27.9 Å². The molecule has 0 radical (unpaired) electrons. The average Bonchev–Trinajstić information content (AvgIpc) is 2.92. The van der Waals surface area contributed by atoms with Crippen LogP contribution in [-0.2, 0) is 14.3 Å². The van der Waals surface area contributed by atoms with Crippen LogP contribution in [-0.4, -0.2) is 37.5 Å². The highest BCUT2D eigenvalue weighted by Crippen LogP contribution is 2.26. The molecule has 1 aromatic heterocycles. The van der Waals surface area contributed by atoms with E-state index in [1.165, 1.54) is 18.2 Å². The van der Waals surface area contributed by atoms with Gasteiger partial charge in [0.15, 0.2) is 6.61 Å². The van der Waals surface area contributed by atoms with Crippen molar-refractivity contribution in [1.29, 1.82) is 0 Å². The number of furan rings is 1. The monoisotopic (exact) mass is 350 g/mol. The fourth-order valence-electron chi connectivity index (χ4n) is 2.14. The number of benzene rings is 1. The molecule has 0 bridgehead atoms. The van der Waals surface area contributed by atoms with E-state index in [2.05, 4.69) is 10.6 Å². The van der Waals surface area contributed by atoms with Gasteiger partial charge in [0.25, 0.3) is 5.91 Å². The molecule has 2 N–H and O–H groups in total. The number of esters is 1. The van der Waals surface area contributed by atoms with Crippen molar-refractivity contribution in [2.45, 2.75) is 20.3 Å². The lowest BCUT2D eigenvalue weighted by Crippen LogP contribution is -2.38. The van der Waals surface area contributed by atoms with E-state index in [0.29, 0.717) is 23.1 Å². The molecule has 134 valence electrons. The molecule has 1 aromatic carbocycles. The molecule has 0 aliphatic heterocycles. The lowest BCUT2D eigenvalue weighted by molar-refractivity contribution is -0.127. The first-order chi connectivity index (χ1) is 11.9. The zero-order valence-corrected chi connectivity index (χ0v) is 14.0. The Morgan fingerprint density at radius 1 is 1.20 bits per heavy atom. The van der Waals surface area contributed by atoms with Gasteiger partial charge in [-0.25, -0.2) is 9.18 Å². The topological polar surface area (TPSA) is 97.6 Å². The second-order valence-corrected chi connectivity index (χ2v) is 5.40. The summed E-state index contributed by atoms with van der Waals surface area (Å²) < 4.78 is 23.5. The minimum atomic E-state index is -0.834. The van der Waals surface area contributed by atoms with E-state index >= 15 is 0 Å². The molecule has 25 heavy (non-hydrogen) atoms. The Morgan fingerprint density at radius 2 is 1.96 bits per heavy atom. The molecular formula is C17H19FN2O5. The lowest BCUT2D eigenvalue weighted by atomic mass is 10.1. The van der Waals surface area contributed by atoms with Crippen molar-refractivity contribution >= 4 is 28.8 Å².